The highest BCUT2D eigenvalue weighted by Gasteiger charge is 2.73. The molecule has 0 spiro atoms. The molecule has 2 aliphatic heterocycles. The van der Waals surface area contributed by atoms with Gasteiger partial charge in [0.05, 0.1) is 34.9 Å². The predicted octanol–water partition coefficient (Wildman–Crippen LogP) is 3.34. The topological polar surface area (TPSA) is 74.8 Å². The van der Waals surface area contributed by atoms with Gasteiger partial charge in [-0.15, -0.1) is 0 Å². The average Bonchev–Trinajstić information content (AvgIpc) is 3.02. The number of carbonyl (C=O) groups excluding carboxylic acids is 4. The van der Waals surface area contributed by atoms with Gasteiger partial charge in [-0.1, -0.05) is 29.8 Å². The van der Waals surface area contributed by atoms with E-state index in [0.717, 1.165) is 16.5 Å². The number of nitrogens with zero attached hydrogens (tertiary/aromatic N) is 2. The van der Waals surface area contributed by atoms with Crippen molar-refractivity contribution in [2.75, 3.05) is 11.9 Å². The fourth-order valence-electron chi connectivity index (χ4n) is 5.45. The molecule has 4 amide bonds. The minimum Gasteiger partial charge on any atom is -0.285 e. The molecule has 170 valence electrons. The summed E-state index contributed by atoms with van der Waals surface area (Å²) in [6.45, 7) is 3.55. The van der Waals surface area contributed by atoms with Crippen molar-refractivity contribution >= 4 is 29.3 Å². The summed E-state index contributed by atoms with van der Waals surface area (Å²) < 4.78 is 42.1. The third-order valence-electron chi connectivity index (χ3n) is 7.03. The number of halogens is 3. The zero-order valence-corrected chi connectivity index (χ0v) is 17.9. The third-order valence-corrected chi connectivity index (χ3v) is 7.03. The number of rotatable bonds is 2. The molecule has 0 bridgehead atoms. The minimum atomic E-state index is -4.74. The molecule has 2 aromatic carbocycles. The van der Waals surface area contributed by atoms with Crippen molar-refractivity contribution in [2.24, 2.45) is 23.7 Å². The number of imide groups is 2. The van der Waals surface area contributed by atoms with Crippen LogP contribution in [-0.4, -0.2) is 35.6 Å². The standard InChI is InChI=1S/C24H19F3N2O4/c1-10-4-6-13(11(2)8-10)14-7-5-12(9-15(14)24(25,26)27)29-22(32)18-16-17(19(18)23(29)33)21(31)28(3)20(16)30/h4-9,16-19H,1-3H3. The van der Waals surface area contributed by atoms with E-state index in [1.165, 1.54) is 19.2 Å². The Morgan fingerprint density at radius 2 is 1.24 bits per heavy atom. The number of aryl methyl sites for hydroxylation is 2. The Hall–Kier alpha value is -3.49. The summed E-state index contributed by atoms with van der Waals surface area (Å²) >= 11 is 0. The first-order valence-corrected chi connectivity index (χ1v) is 10.4. The van der Waals surface area contributed by atoms with Crippen molar-refractivity contribution in [1.82, 2.24) is 4.90 Å². The normalized spacial score (nSPS) is 26.6. The summed E-state index contributed by atoms with van der Waals surface area (Å²) in [7, 11) is 1.30. The quantitative estimate of drug-likeness (QED) is 0.650. The van der Waals surface area contributed by atoms with Crippen LogP contribution in [0.1, 0.15) is 16.7 Å². The van der Waals surface area contributed by atoms with E-state index in [0.29, 0.717) is 16.0 Å². The van der Waals surface area contributed by atoms with Crippen LogP contribution in [-0.2, 0) is 25.4 Å². The second-order valence-electron chi connectivity index (χ2n) is 8.90. The Morgan fingerprint density at radius 1 is 0.727 bits per heavy atom. The van der Waals surface area contributed by atoms with Crippen LogP contribution in [0.5, 0.6) is 0 Å². The molecule has 0 radical (unpaired) electrons. The van der Waals surface area contributed by atoms with E-state index in [9.17, 15) is 32.3 Å². The van der Waals surface area contributed by atoms with Crippen LogP contribution in [0.3, 0.4) is 0 Å². The van der Waals surface area contributed by atoms with E-state index in [2.05, 4.69) is 0 Å². The van der Waals surface area contributed by atoms with Crippen molar-refractivity contribution in [3.63, 3.8) is 0 Å². The number of amides is 4. The van der Waals surface area contributed by atoms with Crippen molar-refractivity contribution in [2.45, 2.75) is 20.0 Å². The molecule has 0 N–H and O–H groups in total. The van der Waals surface area contributed by atoms with Crippen LogP contribution >= 0.6 is 0 Å². The number of alkyl halides is 3. The first kappa shape index (κ1) is 21.4. The van der Waals surface area contributed by atoms with E-state index in [4.69, 9.17) is 0 Å². The second-order valence-corrected chi connectivity index (χ2v) is 8.90. The highest BCUT2D eigenvalue weighted by atomic mass is 19.4. The maximum absolute atomic E-state index is 14.0. The smallest absolute Gasteiger partial charge is 0.285 e. The van der Waals surface area contributed by atoms with E-state index in [1.54, 1.807) is 25.1 Å². The van der Waals surface area contributed by atoms with Crippen LogP contribution in [0, 0.1) is 37.5 Å². The number of benzene rings is 2. The minimum absolute atomic E-state index is 0.0605. The van der Waals surface area contributed by atoms with Crippen LogP contribution in [0.4, 0.5) is 18.9 Å². The van der Waals surface area contributed by atoms with Gasteiger partial charge in [-0.3, -0.25) is 24.1 Å². The number of anilines is 1. The van der Waals surface area contributed by atoms with Gasteiger partial charge in [0.25, 0.3) is 0 Å². The Balaban J connectivity index is 1.57. The summed E-state index contributed by atoms with van der Waals surface area (Å²) in [6, 6.07) is 8.44. The summed E-state index contributed by atoms with van der Waals surface area (Å²) in [5.74, 6) is -6.43. The predicted molar refractivity (Wildman–Crippen MR) is 111 cm³/mol. The lowest BCUT2D eigenvalue weighted by molar-refractivity contribution is -0.146. The molecule has 1 saturated carbocycles. The first-order valence-electron chi connectivity index (χ1n) is 10.4. The molecule has 1 aliphatic carbocycles. The molecule has 4 atom stereocenters. The number of carbonyl (C=O) groups is 4. The number of likely N-dealkylation sites (tertiary alicyclic amines) is 1. The third kappa shape index (κ3) is 2.81. The SMILES string of the molecule is Cc1ccc(-c2ccc(N3C(=O)C4C5C(=O)N(C)C(=O)C5C4C3=O)cc2C(F)(F)F)c(C)c1. The van der Waals surface area contributed by atoms with E-state index >= 15 is 0 Å². The fraction of sp³-hybridized carbons (Fsp3) is 0.333. The summed E-state index contributed by atoms with van der Waals surface area (Å²) in [5.41, 5.74) is 0.714. The lowest BCUT2D eigenvalue weighted by atomic mass is 9.59. The van der Waals surface area contributed by atoms with Crippen molar-refractivity contribution in [3.05, 3.63) is 53.1 Å². The highest BCUT2D eigenvalue weighted by molar-refractivity contribution is 6.27. The molecular formula is C24H19F3N2O4. The van der Waals surface area contributed by atoms with E-state index < -0.39 is 59.0 Å². The number of fused-ring (bicyclic) bond motifs is 4. The molecular weight excluding hydrogens is 437 g/mol. The Bertz CT molecular complexity index is 1230. The monoisotopic (exact) mass is 456 g/mol. The molecule has 0 aromatic heterocycles. The zero-order valence-electron chi connectivity index (χ0n) is 17.9. The molecule has 3 fully saturated rings. The summed E-state index contributed by atoms with van der Waals surface area (Å²) in [4.78, 5) is 52.3. The molecule has 5 rings (SSSR count). The molecule has 9 heteroatoms. The molecule has 2 aromatic rings. The van der Waals surface area contributed by atoms with Gasteiger partial charge in [0, 0.05) is 7.05 Å². The highest BCUT2D eigenvalue weighted by Crippen LogP contribution is 2.57. The Kier molecular flexibility index (Phi) is 4.37. The lowest BCUT2D eigenvalue weighted by Gasteiger charge is -2.36. The largest absolute Gasteiger partial charge is 0.417 e. The van der Waals surface area contributed by atoms with E-state index in [1.807, 2.05) is 6.92 Å². The van der Waals surface area contributed by atoms with Crippen LogP contribution in [0.2, 0.25) is 0 Å². The summed E-state index contributed by atoms with van der Waals surface area (Å²) in [5, 5.41) is 0. The van der Waals surface area contributed by atoms with Crippen molar-refractivity contribution in [1.29, 1.82) is 0 Å². The van der Waals surface area contributed by atoms with Gasteiger partial charge < -0.3 is 0 Å². The van der Waals surface area contributed by atoms with Crippen molar-refractivity contribution in [3.8, 4) is 11.1 Å². The molecule has 6 nitrogen and oxygen atoms in total. The molecule has 2 heterocycles. The maximum atomic E-state index is 14.0. The molecule has 3 aliphatic rings. The molecule has 33 heavy (non-hydrogen) atoms. The van der Waals surface area contributed by atoms with Crippen LogP contribution < -0.4 is 4.90 Å². The van der Waals surface area contributed by atoms with Gasteiger partial charge >= 0.3 is 6.18 Å². The van der Waals surface area contributed by atoms with Crippen LogP contribution in [0.15, 0.2) is 36.4 Å². The van der Waals surface area contributed by atoms with Gasteiger partial charge in [0.15, 0.2) is 0 Å². The first-order chi connectivity index (χ1) is 15.4. The lowest BCUT2D eigenvalue weighted by Crippen LogP contribution is -2.50. The van der Waals surface area contributed by atoms with Gasteiger partial charge in [-0.05, 0) is 42.7 Å². The maximum Gasteiger partial charge on any atom is 0.417 e. The van der Waals surface area contributed by atoms with Gasteiger partial charge in [-0.25, -0.2) is 4.90 Å². The van der Waals surface area contributed by atoms with Gasteiger partial charge in [0.1, 0.15) is 0 Å². The average molecular weight is 456 g/mol. The fourth-order valence-corrected chi connectivity index (χ4v) is 5.45. The van der Waals surface area contributed by atoms with Crippen LogP contribution in [0.25, 0.3) is 11.1 Å². The van der Waals surface area contributed by atoms with Gasteiger partial charge in [-0.2, -0.15) is 13.2 Å². The van der Waals surface area contributed by atoms with Gasteiger partial charge in [0.2, 0.25) is 23.6 Å². The Labute approximate surface area is 187 Å². The number of hydrogen-bond acceptors (Lipinski definition) is 4. The summed E-state index contributed by atoms with van der Waals surface area (Å²) in [6.07, 6.45) is -4.74. The van der Waals surface area contributed by atoms with E-state index in [-0.39, 0.29) is 11.3 Å². The molecule has 4 unspecified atom stereocenters. The Morgan fingerprint density at radius 3 is 1.76 bits per heavy atom. The van der Waals surface area contributed by atoms with Crippen molar-refractivity contribution < 1.29 is 32.3 Å². The zero-order chi connectivity index (χ0) is 24.0. The second kappa shape index (κ2) is 6.76. The molecule has 2 saturated heterocycles. The number of hydrogen-bond donors (Lipinski definition) is 0.